The van der Waals surface area contributed by atoms with E-state index < -0.39 is 0 Å². The Morgan fingerprint density at radius 3 is 2.67 bits per heavy atom. The van der Waals surface area contributed by atoms with Crippen molar-refractivity contribution in [3.05, 3.63) is 46.8 Å². The molecule has 0 amide bonds. The molecule has 9 heteroatoms. The van der Waals surface area contributed by atoms with Gasteiger partial charge in [-0.05, 0) is 49.5 Å². The quantitative estimate of drug-likeness (QED) is 0.249. The van der Waals surface area contributed by atoms with Gasteiger partial charge in [-0.2, -0.15) is 11.8 Å². The molecule has 0 aliphatic rings. The Bertz CT molecular complexity index is 749. The van der Waals surface area contributed by atoms with E-state index in [-0.39, 0.29) is 29.8 Å². The molecule has 0 atom stereocenters. The molecule has 1 aromatic heterocycles. The molecule has 0 radical (unpaired) electrons. The van der Waals surface area contributed by atoms with Gasteiger partial charge < -0.3 is 15.2 Å². The maximum atomic E-state index is 13.7. The van der Waals surface area contributed by atoms with Gasteiger partial charge in [-0.25, -0.2) is 9.38 Å². The van der Waals surface area contributed by atoms with E-state index in [9.17, 15) is 4.39 Å². The first-order valence-electron chi connectivity index (χ1n) is 8.62. The number of halogens is 2. The maximum Gasteiger partial charge on any atom is 0.191 e. The van der Waals surface area contributed by atoms with Crippen molar-refractivity contribution in [2.75, 3.05) is 18.6 Å². The molecule has 1 heterocycles. The Morgan fingerprint density at radius 2 is 2.04 bits per heavy atom. The highest BCUT2D eigenvalue weighted by Crippen LogP contribution is 2.10. The Balaban J connectivity index is 0.00000364. The van der Waals surface area contributed by atoms with Crippen molar-refractivity contribution >= 4 is 41.7 Å². The molecule has 0 bridgehead atoms. The lowest BCUT2D eigenvalue weighted by molar-refractivity contribution is 0.616. The minimum Gasteiger partial charge on any atom is -0.356 e. The van der Waals surface area contributed by atoms with Crippen LogP contribution in [0, 0.1) is 19.7 Å². The second-order valence-electron chi connectivity index (χ2n) is 6.10. The van der Waals surface area contributed by atoms with E-state index in [1.54, 1.807) is 13.0 Å². The molecule has 150 valence electrons. The number of aliphatic imine (C=N–C) groups is 1. The summed E-state index contributed by atoms with van der Waals surface area (Å²) in [6.45, 7) is 5.43. The molecule has 27 heavy (non-hydrogen) atoms. The van der Waals surface area contributed by atoms with Gasteiger partial charge in [0.1, 0.15) is 11.6 Å². The van der Waals surface area contributed by atoms with Gasteiger partial charge in [0.05, 0.1) is 13.1 Å². The average molecular weight is 506 g/mol. The first-order valence-corrected chi connectivity index (χ1v) is 10.0. The van der Waals surface area contributed by atoms with Crippen LogP contribution in [0.1, 0.15) is 29.2 Å². The van der Waals surface area contributed by atoms with Crippen LogP contribution in [0.2, 0.25) is 0 Å². The van der Waals surface area contributed by atoms with Crippen LogP contribution >= 0.6 is 35.7 Å². The molecule has 0 saturated carbocycles. The lowest BCUT2D eigenvalue weighted by Gasteiger charge is -2.12. The monoisotopic (exact) mass is 506 g/mol. The number of nitrogens with zero attached hydrogens (tertiary/aromatic N) is 4. The molecule has 0 saturated heterocycles. The fourth-order valence-corrected chi connectivity index (χ4v) is 2.70. The number of guanidine groups is 1. The minimum absolute atomic E-state index is 0. The molecule has 2 N–H and O–H groups in total. The van der Waals surface area contributed by atoms with Gasteiger partial charge in [0.2, 0.25) is 0 Å². The second kappa shape index (κ2) is 12.2. The first-order chi connectivity index (χ1) is 12.5. The number of hydrogen-bond donors (Lipinski definition) is 2. The van der Waals surface area contributed by atoms with Crippen LogP contribution in [0.15, 0.2) is 23.2 Å². The summed E-state index contributed by atoms with van der Waals surface area (Å²) in [6, 6.07) is 5.22. The molecular weight excluding hydrogens is 478 g/mol. The molecule has 0 spiro atoms. The lowest BCUT2D eigenvalue weighted by atomic mass is 10.1. The van der Waals surface area contributed by atoms with Crippen LogP contribution < -0.4 is 10.6 Å². The number of hydrogen-bond acceptors (Lipinski definition) is 4. The van der Waals surface area contributed by atoms with Gasteiger partial charge in [0.25, 0.3) is 0 Å². The number of nitrogens with one attached hydrogen (secondary N) is 2. The summed E-state index contributed by atoms with van der Waals surface area (Å²) in [5, 5.41) is 14.8. The van der Waals surface area contributed by atoms with Crippen LogP contribution in [0.5, 0.6) is 0 Å². The van der Waals surface area contributed by atoms with Gasteiger partial charge >= 0.3 is 0 Å². The van der Waals surface area contributed by atoms with Gasteiger partial charge in [-0.15, -0.1) is 34.2 Å². The summed E-state index contributed by atoms with van der Waals surface area (Å²) >= 11 is 1.82. The van der Waals surface area contributed by atoms with Crippen LogP contribution in [-0.4, -0.2) is 39.3 Å². The van der Waals surface area contributed by atoms with Crippen LogP contribution in [0.25, 0.3) is 0 Å². The predicted molar refractivity (Wildman–Crippen MR) is 121 cm³/mol. The van der Waals surface area contributed by atoms with Crippen molar-refractivity contribution in [2.45, 2.75) is 33.4 Å². The largest absolute Gasteiger partial charge is 0.356 e. The summed E-state index contributed by atoms with van der Waals surface area (Å²) < 4.78 is 15.6. The Morgan fingerprint density at radius 1 is 1.26 bits per heavy atom. The highest BCUT2D eigenvalue weighted by Gasteiger charge is 2.06. The van der Waals surface area contributed by atoms with E-state index in [1.165, 1.54) is 6.07 Å². The Hall–Kier alpha value is -1.36. The smallest absolute Gasteiger partial charge is 0.191 e. The van der Waals surface area contributed by atoms with Gasteiger partial charge in [0, 0.05) is 13.6 Å². The zero-order valence-electron chi connectivity index (χ0n) is 16.3. The van der Waals surface area contributed by atoms with Crippen molar-refractivity contribution in [1.29, 1.82) is 0 Å². The van der Waals surface area contributed by atoms with E-state index in [4.69, 9.17) is 0 Å². The molecule has 2 aromatic rings. The minimum atomic E-state index is -0.199. The van der Waals surface area contributed by atoms with E-state index in [0.29, 0.717) is 24.6 Å². The van der Waals surface area contributed by atoms with Crippen LogP contribution in [-0.2, 0) is 20.1 Å². The molecule has 6 nitrogen and oxygen atoms in total. The van der Waals surface area contributed by atoms with E-state index >= 15 is 0 Å². The van der Waals surface area contributed by atoms with E-state index in [0.717, 1.165) is 35.9 Å². The van der Waals surface area contributed by atoms with Crippen molar-refractivity contribution in [2.24, 2.45) is 12.0 Å². The standard InChI is InChI=1S/C18H27FN6S.HI/c1-13-6-7-15(10-16(13)19)11-21-18(20-8-5-9-26-4)22-12-17-24-23-14(2)25(17)3;/h6-7,10H,5,8-9,11-12H2,1-4H3,(H2,20,21,22);1H. The molecule has 2 rings (SSSR count). The summed E-state index contributed by atoms with van der Waals surface area (Å²) in [7, 11) is 1.93. The number of aromatic nitrogens is 3. The fraction of sp³-hybridized carbons (Fsp3) is 0.500. The predicted octanol–water partition coefficient (Wildman–Crippen LogP) is 3.18. The van der Waals surface area contributed by atoms with E-state index in [2.05, 4.69) is 32.1 Å². The molecule has 0 aliphatic heterocycles. The normalized spacial score (nSPS) is 11.2. The number of benzene rings is 1. The summed E-state index contributed by atoms with van der Waals surface area (Å²) in [6.07, 6.45) is 3.14. The molecule has 0 unspecified atom stereocenters. The highest BCUT2D eigenvalue weighted by atomic mass is 127. The molecule has 0 fully saturated rings. The molecule has 0 aliphatic carbocycles. The van der Waals surface area contributed by atoms with Crippen molar-refractivity contribution < 1.29 is 4.39 Å². The molecular formula is C18H28FIN6S. The third kappa shape index (κ3) is 7.65. The maximum absolute atomic E-state index is 13.7. The number of rotatable bonds is 8. The third-order valence-corrected chi connectivity index (χ3v) is 4.77. The highest BCUT2D eigenvalue weighted by molar-refractivity contribution is 14.0. The Labute approximate surface area is 181 Å². The zero-order valence-corrected chi connectivity index (χ0v) is 19.4. The third-order valence-electron chi connectivity index (χ3n) is 4.07. The van der Waals surface area contributed by atoms with Gasteiger partial charge in [-0.1, -0.05) is 12.1 Å². The summed E-state index contributed by atoms with van der Waals surface area (Å²) in [5.74, 6) is 3.28. The van der Waals surface area contributed by atoms with Crippen molar-refractivity contribution in [3.63, 3.8) is 0 Å². The zero-order chi connectivity index (χ0) is 18.9. The summed E-state index contributed by atoms with van der Waals surface area (Å²) in [5.41, 5.74) is 1.48. The number of aryl methyl sites for hydroxylation is 2. The topological polar surface area (TPSA) is 67.1 Å². The van der Waals surface area contributed by atoms with Crippen molar-refractivity contribution in [1.82, 2.24) is 25.4 Å². The van der Waals surface area contributed by atoms with Gasteiger partial charge in [0.15, 0.2) is 11.8 Å². The lowest BCUT2D eigenvalue weighted by Crippen LogP contribution is -2.38. The average Bonchev–Trinajstić information content (AvgIpc) is 2.95. The summed E-state index contributed by atoms with van der Waals surface area (Å²) in [4.78, 5) is 4.58. The van der Waals surface area contributed by atoms with Crippen molar-refractivity contribution in [3.8, 4) is 0 Å². The van der Waals surface area contributed by atoms with E-state index in [1.807, 2.05) is 36.4 Å². The van der Waals surface area contributed by atoms with Crippen LogP contribution in [0.3, 0.4) is 0 Å². The Kier molecular flexibility index (Phi) is 10.7. The van der Waals surface area contributed by atoms with Gasteiger partial charge in [-0.3, -0.25) is 0 Å². The SMILES string of the molecule is CSCCCNC(=NCc1ccc(C)c(F)c1)NCc1nnc(C)n1C.I. The first kappa shape index (κ1) is 23.7. The van der Waals surface area contributed by atoms with Crippen LogP contribution in [0.4, 0.5) is 4.39 Å². The second-order valence-corrected chi connectivity index (χ2v) is 7.08. The fourth-order valence-electron chi connectivity index (χ4n) is 2.27. The number of thioether (sulfide) groups is 1. The molecule has 1 aromatic carbocycles.